The summed E-state index contributed by atoms with van der Waals surface area (Å²) in [6, 6.07) is 19.5. The maximum Gasteiger partial charge on any atom is 0.217 e. The number of hydrogen-bond donors (Lipinski definition) is 1. The number of nitriles is 1. The highest BCUT2D eigenvalue weighted by molar-refractivity contribution is 5.73. The van der Waals surface area contributed by atoms with Gasteiger partial charge in [-0.25, -0.2) is 0 Å². The number of nitrogens with zero attached hydrogens (tertiary/aromatic N) is 2. The third-order valence-electron chi connectivity index (χ3n) is 5.73. The van der Waals surface area contributed by atoms with Crippen LogP contribution < -0.4 is 10.1 Å². The SMILES string of the molecule is CC(=O)N[C@@H](C)c1cc(C2CC(COc3ccc(-c4ccc(C#N)cc4)cc3)C2)no1. The van der Waals surface area contributed by atoms with E-state index in [0.29, 0.717) is 29.8 Å². The van der Waals surface area contributed by atoms with Crippen LogP contribution in [0.5, 0.6) is 5.75 Å². The Morgan fingerprint density at radius 1 is 1.19 bits per heavy atom. The number of nitrogens with one attached hydrogen (secondary N) is 1. The van der Waals surface area contributed by atoms with Gasteiger partial charge < -0.3 is 14.6 Å². The van der Waals surface area contributed by atoms with Gasteiger partial charge in [0.15, 0.2) is 5.76 Å². The molecule has 0 saturated heterocycles. The Balaban J connectivity index is 1.25. The second kappa shape index (κ2) is 9.05. The number of hydrogen-bond acceptors (Lipinski definition) is 5. The lowest BCUT2D eigenvalue weighted by molar-refractivity contribution is -0.119. The Labute approximate surface area is 181 Å². The Morgan fingerprint density at radius 2 is 1.84 bits per heavy atom. The number of benzene rings is 2. The average molecular weight is 415 g/mol. The highest BCUT2D eigenvalue weighted by Crippen LogP contribution is 2.41. The molecule has 1 saturated carbocycles. The number of ether oxygens (including phenoxy) is 1. The molecule has 6 heteroatoms. The number of rotatable bonds is 7. The predicted octanol–water partition coefficient (Wildman–Crippen LogP) is 4.98. The molecule has 1 amide bonds. The van der Waals surface area contributed by atoms with Crippen LogP contribution >= 0.6 is 0 Å². The van der Waals surface area contributed by atoms with E-state index in [0.717, 1.165) is 35.4 Å². The standard InChI is InChI=1S/C25H25N3O3/c1-16(27-17(2)29)25-13-24(28-31-25)22-11-19(12-22)15-30-23-9-7-21(8-10-23)20-5-3-18(14-26)4-6-20/h3-10,13,16,19,22H,11-12,15H2,1-2H3,(H,27,29)/t16-,19?,22?/m0/s1. The van der Waals surface area contributed by atoms with Gasteiger partial charge in [0.2, 0.25) is 5.91 Å². The lowest BCUT2D eigenvalue weighted by Crippen LogP contribution is -2.27. The molecule has 31 heavy (non-hydrogen) atoms. The molecule has 0 unspecified atom stereocenters. The van der Waals surface area contributed by atoms with E-state index < -0.39 is 0 Å². The molecule has 1 atom stereocenters. The van der Waals surface area contributed by atoms with Gasteiger partial charge in [0.1, 0.15) is 5.75 Å². The summed E-state index contributed by atoms with van der Waals surface area (Å²) in [5.74, 6) is 2.34. The Bertz CT molecular complexity index is 1070. The maximum absolute atomic E-state index is 11.2. The van der Waals surface area contributed by atoms with Crippen molar-refractivity contribution in [1.29, 1.82) is 5.26 Å². The first kappa shape index (κ1) is 20.7. The van der Waals surface area contributed by atoms with Crippen LogP contribution in [0.4, 0.5) is 0 Å². The molecule has 1 aliphatic rings. The zero-order chi connectivity index (χ0) is 21.8. The van der Waals surface area contributed by atoms with Crippen molar-refractivity contribution in [1.82, 2.24) is 10.5 Å². The van der Waals surface area contributed by atoms with Crippen molar-refractivity contribution >= 4 is 5.91 Å². The summed E-state index contributed by atoms with van der Waals surface area (Å²) in [6.07, 6.45) is 2.04. The van der Waals surface area contributed by atoms with Crippen molar-refractivity contribution < 1.29 is 14.1 Å². The molecule has 158 valence electrons. The third-order valence-corrected chi connectivity index (χ3v) is 5.73. The molecule has 3 aromatic rings. The fraction of sp³-hybridized carbons (Fsp3) is 0.320. The van der Waals surface area contributed by atoms with Crippen LogP contribution in [0.15, 0.2) is 59.1 Å². The van der Waals surface area contributed by atoms with Crippen LogP contribution in [-0.2, 0) is 4.79 Å². The van der Waals surface area contributed by atoms with Crippen LogP contribution in [0.25, 0.3) is 11.1 Å². The first-order chi connectivity index (χ1) is 15.0. The molecule has 0 radical (unpaired) electrons. The van der Waals surface area contributed by atoms with Gasteiger partial charge in [-0.3, -0.25) is 4.79 Å². The van der Waals surface area contributed by atoms with Gasteiger partial charge in [-0.2, -0.15) is 5.26 Å². The fourth-order valence-electron chi connectivity index (χ4n) is 3.88. The number of amides is 1. The minimum atomic E-state index is -0.176. The lowest BCUT2D eigenvalue weighted by Gasteiger charge is -2.33. The molecule has 2 aromatic carbocycles. The van der Waals surface area contributed by atoms with E-state index in [-0.39, 0.29) is 11.9 Å². The maximum atomic E-state index is 11.2. The van der Waals surface area contributed by atoms with Crippen molar-refractivity contribution in [3.63, 3.8) is 0 Å². The molecule has 0 spiro atoms. The van der Waals surface area contributed by atoms with Gasteiger partial charge in [0.25, 0.3) is 0 Å². The van der Waals surface area contributed by atoms with E-state index >= 15 is 0 Å². The number of carbonyl (C=O) groups is 1. The van der Waals surface area contributed by atoms with Gasteiger partial charge in [-0.05, 0) is 61.1 Å². The molecule has 0 bridgehead atoms. The van der Waals surface area contributed by atoms with Crippen LogP contribution in [0, 0.1) is 17.2 Å². The van der Waals surface area contributed by atoms with Crippen molar-refractivity contribution in [3.8, 4) is 22.9 Å². The van der Waals surface area contributed by atoms with Crippen molar-refractivity contribution in [3.05, 3.63) is 71.6 Å². The molecular formula is C25H25N3O3. The summed E-state index contributed by atoms with van der Waals surface area (Å²) in [6.45, 7) is 4.06. The molecule has 1 aliphatic carbocycles. The summed E-state index contributed by atoms with van der Waals surface area (Å²) in [7, 11) is 0. The normalized spacial score (nSPS) is 18.5. The Morgan fingerprint density at radius 3 is 2.45 bits per heavy atom. The summed E-state index contributed by atoms with van der Waals surface area (Å²) in [5, 5.41) is 15.9. The second-order valence-electron chi connectivity index (χ2n) is 8.14. The molecule has 1 fully saturated rings. The molecule has 4 rings (SSSR count). The van der Waals surface area contributed by atoms with Gasteiger partial charge in [-0.15, -0.1) is 0 Å². The second-order valence-corrected chi connectivity index (χ2v) is 8.14. The highest BCUT2D eigenvalue weighted by atomic mass is 16.5. The number of aromatic nitrogens is 1. The highest BCUT2D eigenvalue weighted by Gasteiger charge is 2.33. The predicted molar refractivity (Wildman–Crippen MR) is 116 cm³/mol. The van der Waals surface area contributed by atoms with Crippen molar-refractivity contribution in [2.75, 3.05) is 6.61 Å². The van der Waals surface area contributed by atoms with Gasteiger partial charge in [0, 0.05) is 18.9 Å². The van der Waals surface area contributed by atoms with Crippen LogP contribution in [0.2, 0.25) is 0 Å². The van der Waals surface area contributed by atoms with E-state index in [1.807, 2.05) is 61.5 Å². The first-order valence-corrected chi connectivity index (χ1v) is 10.5. The van der Waals surface area contributed by atoms with Crippen molar-refractivity contribution in [2.45, 2.75) is 38.6 Å². The summed E-state index contributed by atoms with van der Waals surface area (Å²) >= 11 is 0. The molecule has 6 nitrogen and oxygen atoms in total. The Hall–Kier alpha value is -3.59. The molecule has 1 heterocycles. The number of carbonyl (C=O) groups excluding carboxylic acids is 1. The smallest absolute Gasteiger partial charge is 0.217 e. The van der Waals surface area contributed by atoms with Crippen molar-refractivity contribution in [2.24, 2.45) is 5.92 Å². The minimum absolute atomic E-state index is 0.0868. The van der Waals surface area contributed by atoms with E-state index in [4.69, 9.17) is 14.5 Å². The van der Waals surface area contributed by atoms with Crippen LogP contribution in [-0.4, -0.2) is 17.7 Å². The molecule has 1 aromatic heterocycles. The molecule has 0 aliphatic heterocycles. The van der Waals surface area contributed by atoms with E-state index in [1.54, 1.807) is 0 Å². The monoisotopic (exact) mass is 415 g/mol. The lowest BCUT2D eigenvalue weighted by atomic mass is 9.73. The minimum Gasteiger partial charge on any atom is -0.493 e. The quantitative estimate of drug-likeness (QED) is 0.588. The van der Waals surface area contributed by atoms with Gasteiger partial charge >= 0.3 is 0 Å². The van der Waals surface area contributed by atoms with Gasteiger partial charge in [0.05, 0.1) is 30.0 Å². The van der Waals surface area contributed by atoms with E-state index in [9.17, 15) is 4.79 Å². The zero-order valence-corrected chi connectivity index (χ0v) is 17.7. The van der Waals surface area contributed by atoms with Crippen LogP contribution in [0.3, 0.4) is 0 Å². The van der Waals surface area contributed by atoms with E-state index in [1.165, 1.54) is 6.92 Å². The fourth-order valence-corrected chi connectivity index (χ4v) is 3.88. The zero-order valence-electron chi connectivity index (χ0n) is 17.7. The third kappa shape index (κ3) is 4.95. The van der Waals surface area contributed by atoms with E-state index in [2.05, 4.69) is 16.5 Å². The topological polar surface area (TPSA) is 88.1 Å². The summed E-state index contributed by atoms with van der Waals surface area (Å²) in [4.78, 5) is 11.2. The summed E-state index contributed by atoms with van der Waals surface area (Å²) in [5.41, 5.74) is 3.78. The average Bonchev–Trinajstić information content (AvgIpc) is 3.23. The largest absolute Gasteiger partial charge is 0.493 e. The first-order valence-electron chi connectivity index (χ1n) is 10.5. The van der Waals surface area contributed by atoms with Gasteiger partial charge in [-0.1, -0.05) is 29.4 Å². The summed E-state index contributed by atoms with van der Waals surface area (Å²) < 4.78 is 11.4. The Kier molecular flexibility index (Phi) is 6.03. The molecule has 1 N–H and O–H groups in total. The van der Waals surface area contributed by atoms with Crippen LogP contribution in [0.1, 0.15) is 55.7 Å². The molecular weight excluding hydrogens is 390 g/mol.